The van der Waals surface area contributed by atoms with Crippen LogP contribution in [0.15, 0.2) is 23.0 Å². The molecule has 4 rings (SSSR count). The summed E-state index contributed by atoms with van der Waals surface area (Å²) >= 11 is 0. The van der Waals surface area contributed by atoms with Gasteiger partial charge in [-0.3, -0.25) is 14.7 Å². The Balaban J connectivity index is 1.53. The van der Waals surface area contributed by atoms with Gasteiger partial charge in [0.1, 0.15) is 11.6 Å². The van der Waals surface area contributed by atoms with E-state index in [-0.39, 0.29) is 12.1 Å². The summed E-state index contributed by atoms with van der Waals surface area (Å²) in [6.45, 7) is 5.36. The fourth-order valence-electron chi connectivity index (χ4n) is 4.04. The van der Waals surface area contributed by atoms with E-state index in [1.807, 2.05) is 4.90 Å². The molecule has 1 fully saturated rings. The minimum absolute atomic E-state index is 0.127. The molecule has 1 saturated heterocycles. The number of anilines is 1. The fourth-order valence-corrected chi connectivity index (χ4v) is 4.04. The Bertz CT molecular complexity index is 898. The fraction of sp³-hybridized carbons (Fsp3) is 0.500. The summed E-state index contributed by atoms with van der Waals surface area (Å²) in [5, 5.41) is 0. The molecule has 0 unspecified atom stereocenters. The molecular formula is C20H24F2N4O. The second-order valence-electron chi connectivity index (χ2n) is 7.70. The van der Waals surface area contributed by atoms with E-state index in [0.717, 1.165) is 37.3 Å². The van der Waals surface area contributed by atoms with Gasteiger partial charge in [0.25, 0.3) is 5.56 Å². The zero-order valence-electron chi connectivity index (χ0n) is 15.5. The first-order chi connectivity index (χ1) is 13.0. The minimum Gasteiger partial charge on any atom is -0.342 e. The number of piperidine rings is 1. The summed E-state index contributed by atoms with van der Waals surface area (Å²) < 4.78 is 27.3. The predicted molar refractivity (Wildman–Crippen MR) is 99.6 cm³/mol. The molecule has 0 saturated carbocycles. The Morgan fingerprint density at radius 2 is 2.15 bits per heavy atom. The zero-order valence-corrected chi connectivity index (χ0v) is 15.5. The second-order valence-corrected chi connectivity index (χ2v) is 7.70. The molecule has 3 heterocycles. The number of H-pyrrole nitrogens is 1. The van der Waals surface area contributed by atoms with Gasteiger partial charge in [0, 0.05) is 44.7 Å². The monoisotopic (exact) mass is 374 g/mol. The highest BCUT2D eigenvalue weighted by molar-refractivity contribution is 5.35. The van der Waals surface area contributed by atoms with Gasteiger partial charge in [-0.25, -0.2) is 13.8 Å². The Morgan fingerprint density at radius 1 is 1.30 bits per heavy atom. The molecule has 0 spiro atoms. The first-order valence-corrected chi connectivity index (χ1v) is 9.53. The Hall–Kier alpha value is -2.28. The second kappa shape index (κ2) is 7.38. The number of halogens is 2. The van der Waals surface area contributed by atoms with Crippen LogP contribution in [0.5, 0.6) is 0 Å². The third kappa shape index (κ3) is 3.88. The lowest BCUT2D eigenvalue weighted by Crippen LogP contribution is -2.39. The first-order valence-electron chi connectivity index (χ1n) is 9.53. The quantitative estimate of drug-likeness (QED) is 0.898. The van der Waals surface area contributed by atoms with Crippen LogP contribution in [0, 0.1) is 17.6 Å². The summed E-state index contributed by atoms with van der Waals surface area (Å²) in [4.78, 5) is 24.4. The molecule has 27 heavy (non-hydrogen) atoms. The summed E-state index contributed by atoms with van der Waals surface area (Å²) in [6.07, 6.45) is 2.94. The van der Waals surface area contributed by atoms with Gasteiger partial charge < -0.3 is 4.90 Å². The molecule has 0 radical (unpaired) electrons. The highest BCUT2D eigenvalue weighted by atomic mass is 19.1. The van der Waals surface area contributed by atoms with Crippen LogP contribution < -0.4 is 10.5 Å². The molecule has 1 atom stereocenters. The van der Waals surface area contributed by atoms with E-state index in [2.05, 4.69) is 16.8 Å². The van der Waals surface area contributed by atoms with Gasteiger partial charge in [-0.15, -0.1) is 0 Å². The van der Waals surface area contributed by atoms with Crippen molar-refractivity contribution < 1.29 is 8.78 Å². The number of nitrogens with zero attached hydrogens (tertiary/aromatic N) is 3. The number of rotatable bonds is 3. The van der Waals surface area contributed by atoms with Crippen molar-refractivity contribution in [3.63, 3.8) is 0 Å². The Kier molecular flexibility index (Phi) is 4.95. The zero-order chi connectivity index (χ0) is 19.0. The van der Waals surface area contributed by atoms with Gasteiger partial charge in [0.15, 0.2) is 0 Å². The molecular weight excluding hydrogens is 350 g/mol. The van der Waals surface area contributed by atoms with Crippen LogP contribution in [0.25, 0.3) is 0 Å². The molecule has 7 heteroatoms. The molecule has 0 amide bonds. The van der Waals surface area contributed by atoms with E-state index in [4.69, 9.17) is 4.98 Å². The number of aromatic nitrogens is 2. The number of fused-ring (bicyclic) bond motifs is 1. The SMILES string of the molecule is C[C@@H]1CCCN(c2nc3c(c(=O)[nH]2)CN(Cc2cc(F)ccc2F)CC3)C1. The topological polar surface area (TPSA) is 52.2 Å². The number of aromatic amines is 1. The molecule has 0 aliphatic carbocycles. The molecule has 1 N–H and O–H groups in total. The van der Waals surface area contributed by atoms with Crippen molar-refractivity contribution in [2.45, 2.75) is 39.3 Å². The van der Waals surface area contributed by atoms with E-state index in [0.29, 0.717) is 42.5 Å². The van der Waals surface area contributed by atoms with Crippen molar-refractivity contribution in [1.82, 2.24) is 14.9 Å². The van der Waals surface area contributed by atoms with E-state index >= 15 is 0 Å². The van der Waals surface area contributed by atoms with Crippen molar-refractivity contribution in [2.75, 3.05) is 24.5 Å². The van der Waals surface area contributed by atoms with Crippen LogP contribution in [0.2, 0.25) is 0 Å². The largest absolute Gasteiger partial charge is 0.342 e. The molecule has 1 aromatic carbocycles. The van der Waals surface area contributed by atoms with E-state index in [9.17, 15) is 13.6 Å². The lowest BCUT2D eigenvalue weighted by Gasteiger charge is -2.33. The van der Waals surface area contributed by atoms with Crippen LogP contribution in [-0.2, 0) is 19.5 Å². The van der Waals surface area contributed by atoms with Gasteiger partial charge in [0.2, 0.25) is 5.95 Å². The maximum absolute atomic E-state index is 13.9. The highest BCUT2D eigenvalue weighted by Gasteiger charge is 2.25. The summed E-state index contributed by atoms with van der Waals surface area (Å²) in [6, 6.07) is 3.47. The van der Waals surface area contributed by atoms with Gasteiger partial charge in [0.05, 0.1) is 11.3 Å². The average Bonchev–Trinajstić information content (AvgIpc) is 2.65. The van der Waals surface area contributed by atoms with Crippen molar-refractivity contribution in [3.05, 3.63) is 57.0 Å². The van der Waals surface area contributed by atoms with Gasteiger partial charge >= 0.3 is 0 Å². The van der Waals surface area contributed by atoms with Crippen LogP contribution >= 0.6 is 0 Å². The van der Waals surface area contributed by atoms with E-state index in [1.165, 1.54) is 12.5 Å². The molecule has 2 aromatic rings. The van der Waals surface area contributed by atoms with Crippen molar-refractivity contribution in [1.29, 1.82) is 0 Å². The van der Waals surface area contributed by atoms with Crippen LogP contribution in [0.1, 0.15) is 36.6 Å². The van der Waals surface area contributed by atoms with Crippen molar-refractivity contribution in [3.8, 4) is 0 Å². The smallest absolute Gasteiger partial charge is 0.257 e. The van der Waals surface area contributed by atoms with Gasteiger partial charge in [-0.1, -0.05) is 6.92 Å². The normalized spacial score (nSPS) is 20.6. The van der Waals surface area contributed by atoms with Crippen molar-refractivity contribution in [2.24, 2.45) is 5.92 Å². The highest BCUT2D eigenvalue weighted by Crippen LogP contribution is 2.22. The summed E-state index contributed by atoms with van der Waals surface area (Å²) in [5.41, 5.74) is 1.63. The molecule has 0 bridgehead atoms. The molecule has 144 valence electrons. The van der Waals surface area contributed by atoms with Gasteiger partial charge in [-0.2, -0.15) is 0 Å². The third-order valence-electron chi connectivity index (χ3n) is 5.49. The number of nitrogens with one attached hydrogen (secondary N) is 1. The Morgan fingerprint density at radius 3 is 2.96 bits per heavy atom. The lowest BCUT2D eigenvalue weighted by molar-refractivity contribution is 0.238. The standard InChI is InChI=1S/C20H24F2N4O/c1-13-3-2-7-26(10-13)20-23-18-6-8-25(12-16(18)19(27)24-20)11-14-9-15(21)4-5-17(14)22/h4-5,9,13H,2-3,6-8,10-12H2,1H3,(H,23,24,27)/t13-/m1/s1. The summed E-state index contributed by atoms with van der Waals surface area (Å²) in [7, 11) is 0. The molecule has 5 nitrogen and oxygen atoms in total. The van der Waals surface area contributed by atoms with E-state index in [1.54, 1.807) is 0 Å². The number of hydrogen-bond acceptors (Lipinski definition) is 4. The van der Waals surface area contributed by atoms with Crippen LogP contribution in [0.4, 0.5) is 14.7 Å². The predicted octanol–water partition coefficient (Wildman–Crippen LogP) is 2.84. The van der Waals surface area contributed by atoms with Gasteiger partial charge in [-0.05, 0) is 37.0 Å². The molecule has 2 aliphatic rings. The molecule has 1 aromatic heterocycles. The lowest BCUT2D eigenvalue weighted by atomic mass is 10.0. The maximum atomic E-state index is 13.9. The average molecular weight is 374 g/mol. The van der Waals surface area contributed by atoms with Crippen molar-refractivity contribution >= 4 is 5.95 Å². The van der Waals surface area contributed by atoms with E-state index < -0.39 is 11.6 Å². The van der Waals surface area contributed by atoms with Crippen LogP contribution in [0.3, 0.4) is 0 Å². The Labute approximate surface area is 157 Å². The summed E-state index contributed by atoms with van der Waals surface area (Å²) in [5.74, 6) is 0.374. The maximum Gasteiger partial charge on any atom is 0.257 e. The number of benzene rings is 1. The van der Waals surface area contributed by atoms with Crippen LogP contribution in [-0.4, -0.2) is 34.5 Å². The number of hydrogen-bond donors (Lipinski definition) is 1. The first kappa shape index (κ1) is 18.1. The molecule has 2 aliphatic heterocycles. The minimum atomic E-state index is -0.455. The third-order valence-corrected chi connectivity index (χ3v) is 5.49.